The lowest BCUT2D eigenvalue weighted by Gasteiger charge is -2.33. The Labute approximate surface area is 133 Å². The largest absolute Gasteiger partial charge is 0.333 e. The minimum Gasteiger partial charge on any atom is -0.333 e. The highest BCUT2D eigenvalue weighted by Crippen LogP contribution is 2.40. The molecule has 4 heteroatoms. The van der Waals surface area contributed by atoms with E-state index in [-0.39, 0.29) is 18.3 Å². The van der Waals surface area contributed by atoms with Crippen LogP contribution in [-0.2, 0) is 6.54 Å². The second-order valence-corrected chi connectivity index (χ2v) is 6.31. The zero-order chi connectivity index (χ0) is 14.1. The van der Waals surface area contributed by atoms with Crippen molar-refractivity contribution in [3.05, 3.63) is 35.4 Å². The summed E-state index contributed by atoms with van der Waals surface area (Å²) in [5.41, 5.74) is 7.49. The van der Waals surface area contributed by atoms with Crippen LogP contribution >= 0.6 is 12.4 Å². The second kappa shape index (κ2) is 6.80. The SMILES string of the molecule is CC1CC2CCCCC2N1C(=O)c1ccc(CN)cc1.Cl. The minimum atomic E-state index is 0. The molecule has 3 rings (SSSR count). The Morgan fingerprint density at radius 3 is 2.57 bits per heavy atom. The molecule has 1 saturated carbocycles. The summed E-state index contributed by atoms with van der Waals surface area (Å²) in [6, 6.07) is 8.63. The predicted molar refractivity (Wildman–Crippen MR) is 87.6 cm³/mol. The molecule has 1 aromatic carbocycles. The predicted octanol–water partition coefficient (Wildman–Crippen LogP) is 3.36. The molecular weight excluding hydrogens is 284 g/mol. The first-order chi connectivity index (χ1) is 9.70. The minimum absolute atomic E-state index is 0. The molecule has 21 heavy (non-hydrogen) atoms. The van der Waals surface area contributed by atoms with Gasteiger partial charge in [-0.3, -0.25) is 4.79 Å². The van der Waals surface area contributed by atoms with Crippen LogP contribution in [0.2, 0.25) is 0 Å². The van der Waals surface area contributed by atoms with Gasteiger partial charge in [0.2, 0.25) is 0 Å². The molecular formula is C17H25ClN2O. The summed E-state index contributed by atoms with van der Waals surface area (Å²) in [7, 11) is 0. The van der Waals surface area contributed by atoms with Gasteiger partial charge in [-0.2, -0.15) is 0 Å². The zero-order valence-electron chi connectivity index (χ0n) is 12.6. The van der Waals surface area contributed by atoms with Gasteiger partial charge in [0, 0.05) is 24.2 Å². The number of fused-ring (bicyclic) bond motifs is 1. The van der Waals surface area contributed by atoms with Crippen LogP contribution in [0.4, 0.5) is 0 Å². The molecule has 0 spiro atoms. The van der Waals surface area contributed by atoms with Crippen LogP contribution < -0.4 is 5.73 Å². The van der Waals surface area contributed by atoms with Crippen molar-refractivity contribution in [2.75, 3.05) is 0 Å². The summed E-state index contributed by atoms with van der Waals surface area (Å²) in [6.45, 7) is 2.73. The van der Waals surface area contributed by atoms with Crippen LogP contribution in [0.15, 0.2) is 24.3 Å². The molecule has 2 aliphatic rings. The van der Waals surface area contributed by atoms with Crippen LogP contribution in [0.1, 0.15) is 54.9 Å². The van der Waals surface area contributed by atoms with Crippen LogP contribution in [0.25, 0.3) is 0 Å². The number of carbonyl (C=O) groups is 1. The number of hydrogen-bond acceptors (Lipinski definition) is 2. The molecule has 1 saturated heterocycles. The van der Waals surface area contributed by atoms with Crippen LogP contribution in [-0.4, -0.2) is 22.9 Å². The Balaban J connectivity index is 0.00000161. The average Bonchev–Trinajstić information content (AvgIpc) is 2.82. The quantitative estimate of drug-likeness (QED) is 0.910. The number of amides is 1. The number of halogens is 1. The van der Waals surface area contributed by atoms with Gasteiger partial charge >= 0.3 is 0 Å². The lowest BCUT2D eigenvalue weighted by atomic mass is 9.85. The Kier molecular flexibility index (Phi) is 5.28. The fourth-order valence-electron chi connectivity index (χ4n) is 3.99. The maximum Gasteiger partial charge on any atom is 0.254 e. The van der Waals surface area contributed by atoms with E-state index in [2.05, 4.69) is 11.8 Å². The fraction of sp³-hybridized carbons (Fsp3) is 0.588. The normalized spacial score (nSPS) is 27.9. The third-order valence-corrected chi connectivity index (χ3v) is 5.02. The number of nitrogens with two attached hydrogens (primary N) is 1. The molecule has 1 aliphatic heterocycles. The van der Waals surface area contributed by atoms with Crippen molar-refractivity contribution in [1.29, 1.82) is 0 Å². The van der Waals surface area contributed by atoms with E-state index in [1.807, 2.05) is 24.3 Å². The molecule has 2 N–H and O–H groups in total. The van der Waals surface area contributed by atoms with Gasteiger partial charge in [-0.05, 0) is 49.8 Å². The van der Waals surface area contributed by atoms with E-state index in [9.17, 15) is 4.79 Å². The number of nitrogens with zero attached hydrogens (tertiary/aromatic N) is 1. The van der Waals surface area contributed by atoms with E-state index in [1.54, 1.807) is 0 Å². The third kappa shape index (κ3) is 3.09. The van der Waals surface area contributed by atoms with E-state index in [1.165, 1.54) is 32.1 Å². The number of carbonyl (C=O) groups excluding carboxylic acids is 1. The second-order valence-electron chi connectivity index (χ2n) is 6.31. The van der Waals surface area contributed by atoms with Gasteiger partial charge in [0.1, 0.15) is 0 Å². The summed E-state index contributed by atoms with van der Waals surface area (Å²) < 4.78 is 0. The van der Waals surface area contributed by atoms with Crippen LogP contribution in [0.5, 0.6) is 0 Å². The molecule has 1 heterocycles. The van der Waals surface area contributed by atoms with Crippen LogP contribution in [0.3, 0.4) is 0 Å². The molecule has 116 valence electrons. The molecule has 2 fully saturated rings. The highest BCUT2D eigenvalue weighted by Gasteiger charge is 2.42. The van der Waals surface area contributed by atoms with Gasteiger partial charge in [0.05, 0.1) is 0 Å². The third-order valence-electron chi connectivity index (χ3n) is 5.02. The molecule has 3 atom stereocenters. The van der Waals surface area contributed by atoms with Crippen molar-refractivity contribution in [3.8, 4) is 0 Å². The number of hydrogen-bond donors (Lipinski definition) is 1. The molecule has 1 amide bonds. The van der Waals surface area contributed by atoms with Gasteiger partial charge in [0.25, 0.3) is 5.91 Å². The van der Waals surface area contributed by atoms with Gasteiger partial charge in [-0.15, -0.1) is 12.4 Å². The summed E-state index contributed by atoms with van der Waals surface area (Å²) in [4.78, 5) is 15.0. The first-order valence-electron chi connectivity index (χ1n) is 7.82. The number of likely N-dealkylation sites (tertiary alicyclic amines) is 1. The molecule has 1 aromatic rings. The van der Waals surface area contributed by atoms with Gasteiger partial charge in [-0.1, -0.05) is 25.0 Å². The van der Waals surface area contributed by atoms with Crippen molar-refractivity contribution >= 4 is 18.3 Å². The molecule has 0 aromatic heterocycles. The van der Waals surface area contributed by atoms with Crippen molar-refractivity contribution in [2.45, 2.75) is 57.7 Å². The van der Waals surface area contributed by atoms with Crippen molar-refractivity contribution in [1.82, 2.24) is 4.90 Å². The summed E-state index contributed by atoms with van der Waals surface area (Å²) in [5, 5.41) is 0. The molecule has 1 aliphatic carbocycles. The summed E-state index contributed by atoms with van der Waals surface area (Å²) in [6.07, 6.45) is 6.26. The van der Waals surface area contributed by atoms with E-state index in [4.69, 9.17) is 5.73 Å². The van der Waals surface area contributed by atoms with Crippen molar-refractivity contribution in [2.24, 2.45) is 11.7 Å². The molecule has 3 nitrogen and oxygen atoms in total. The standard InChI is InChI=1S/C17H24N2O.ClH/c1-12-10-15-4-2-3-5-16(15)19(12)17(20)14-8-6-13(11-18)7-9-14;/h6-9,12,15-16H,2-5,10-11,18H2,1H3;1H. The van der Waals surface area contributed by atoms with Gasteiger partial charge in [0.15, 0.2) is 0 Å². The highest BCUT2D eigenvalue weighted by atomic mass is 35.5. The number of rotatable bonds is 2. The van der Waals surface area contributed by atoms with E-state index in [0.717, 1.165) is 17.0 Å². The average molecular weight is 309 g/mol. The maximum atomic E-state index is 12.8. The first-order valence-corrected chi connectivity index (χ1v) is 7.82. The summed E-state index contributed by atoms with van der Waals surface area (Å²) in [5.74, 6) is 0.932. The Morgan fingerprint density at radius 1 is 1.24 bits per heavy atom. The van der Waals surface area contributed by atoms with Gasteiger partial charge < -0.3 is 10.6 Å². The smallest absolute Gasteiger partial charge is 0.254 e. The Hall–Kier alpha value is -1.06. The van der Waals surface area contributed by atoms with Crippen molar-refractivity contribution < 1.29 is 4.79 Å². The summed E-state index contributed by atoms with van der Waals surface area (Å²) >= 11 is 0. The molecule has 3 unspecified atom stereocenters. The van der Waals surface area contributed by atoms with Crippen molar-refractivity contribution in [3.63, 3.8) is 0 Å². The monoisotopic (exact) mass is 308 g/mol. The lowest BCUT2D eigenvalue weighted by molar-refractivity contribution is 0.0633. The number of benzene rings is 1. The van der Waals surface area contributed by atoms with E-state index in [0.29, 0.717) is 18.6 Å². The highest BCUT2D eigenvalue weighted by molar-refractivity contribution is 5.95. The van der Waals surface area contributed by atoms with Gasteiger partial charge in [-0.25, -0.2) is 0 Å². The molecule has 0 radical (unpaired) electrons. The fourth-order valence-corrected chi connectivity index (χ4v) is 3.99. The Morgan fingerprint density at radius 2 is 1.90 bits per heavy atom. The zero-order valence-corrected chi connectivity index (χ0v) is 13.4. The first kappa shape index (κ1) is 16.3. The topological polar surface area (TPSA) is 46.3 Å². The lowest BCUT2D eigenvalue weighted by Crippen LogP contribution is -2.42. The Bertz CT molecular complexity index is 488. The molecule has 0 bridgehead atoms. The van der Waals surface area contributed by atoms with Crippen LogP contribution in [0, 0.1) is 5.92 Å². The van der Waals surface area contributed by atoms with E-state index < -0.39 is 0 Å². The van der Waals surface area contributed by atoms with E-state index >= 15 is 0 Å². The maximum absolute atomic E-state index is 12.8.